The van der Waals surface area contributed by atoms with Crippen molar-refractivity contribution in [3.05, 3.63) is 23.8 Å². The Balaban J connectivity index is 2.11. The fourth-order valence-electron chi connectivity index (χ4n) is 2.85. The van der Waals surface area contributed by atoms with E-state index in [0.29, 0.717) is 43.2 Å². The van der Waals surface area contributed by atoms with Crippen LogP contribution in [0.2, 0.25) is 0 Å². The van der Waals surface area contributed by atoms with Gasteiger partial charge in [0.25, 0.3) is 5.91 Å². The largest absolute Gasteiger partial charge is 0.490 e. The molecule has 1 unspecified atom stereocenters. The highest BCUT2D eigenvalue weighted by Gasteiger charge is 2.31. The number of amides is 1. The van der Waals surface area contributed by atoms with E-state index < -0.39 is 11.9 Å². The molecule has 0 aromatic heterocycles. The van der Waals surface area contributed by atoms with Gasteiger partial charge in [0.1, 0.15) is 0 Å². The molecule has 1 aliphatic heterocycles. The maximum Gasteiger partial charge on any atom is 0.308 e. The Kier molecular flexibility index (Phi) is 7.75. The third-order valence-electron chi connectivity index (χ3n) is 4.53. The lowest BCUT2D eigenvalue weighted by atomic mass is 10.1. The molecule has 0 saturated carbocycles. The normalized spacial score (nSPS) is 16.5. The summed E-state index contributed by atoms with van der Waals surface area (Å²) >= 11 is 0. The number of carboxylic acid groups (broad SMARTS) is 1. The van der Waals surface area contributed by atoms with Crippen LogP contribution in [0.25, 0.3) is 0 Å². The molecule has 26 heavy (non-hydrogen) atoms. The van der Waals surface area contributed by atoms with E-state index in [9.17, 15) is 9.59 Å². The number of carbonyl (C=O) groups is 2. The van der Waals surface area contributed by atoms with Crippen LogP contribution in [0.1, 0.15) is 56.3 Å². The number of carbonyl (C=O) groups excluding carboxylic acids is 1. The molecule has 1 fully saturated rings. The minimum atomic E-state index is -0.844. The third kappa shape index (κ3) is 5.38. The predicted octanol–water partition coefficient (Wildman–Crippen LogP) is 3.59. The molecule has 0 spiro atoms. The van der Waals surface area contributed by atoms with Crippen LogP contribution in [0.15, 0.2) is 18.2 Å². The quantitative estimate of drug-likeness (QED) is 0.643. The van der Waals surface area contributed by atoms with Crippen molar-refractivity contribution < 1.29 is 24.2 Å². The number of aliphatic carboxylic acids is 1. The van der Waals surface area contributed by atoms with E-state index in [2.05, 4.69) is 13.8 Å². The number of hydrogen-bond donors (Lipinski definition) is 1. The number of ether oxygens (including phenoxy) is 2. The summed E-state index contributed by atoms with van der Waals surface area (Å²) < 4.78 is 11.6. The van der Waals surface area contributed by atoms with E-state index in [-0.39, 0.29) is 12.5 Å². The monoisotopic (exact) mass is 363 g/mol. The first-order valence-corrected chi connectivity index (χ1v) is 9.48. The van der Waals surface area contributed by atoms with Crippen molar-refractivity contribution in [1.82, 2.24) is 4.90 Å². The Bertz CT molecular complexity index is 616. The fraction of sp³-hybridized carbons (Fsp3) is 0.600. The highest BCUT2D eigenvalue weighted by molar-refractivity contribution is 5.95. The van der Waals surface area contributed by atoms with Crippen LogP contribution in [-0.4, -0.2) is 48.2 Å². The number of benzene rings is 1. The summed E-state index contributed by atoms with van der Waals surface area (Å²) in [7, 11) is 0. The van der Waals surface area contributed by atoms with Gasteiger partial charge in [0.05, 0.1) is 19.1 Å². The number of unbranched alkanes of at least 4 members (excludes halogenated alkanes) is 2. The van der Waals surface area contributed by atoms with Crippen LogP contribution in [0.5, 0.6) is 11.5 Å². The molecule has 2 rings (SSSR count). The van der Waals surface area contributed by atoms with E-state index in [1.807, 2.05) is 0 Å². The molecule has 0 bridgehead atoms. The molecular formula is C20H29NO5. The Morgan fingerprint density at radius 1 is 1.12 bits per heavy atom. The van der Waals surface area contributed by atoms with E-state index in [1.54, 1.807) is 23.1 Å². The van der Waals surface area contributed by atoms with E-state index in [1.165, 1.54) is 0 Å². The molecule has 1 aliphatic rings. The highest BCUT2D eigenvalue weighted by atomic mass is 16.5. The Morgan fingerprint density at radius 3 is 2.35 bits per heavy atom. The molecule has 1 atom stereocenters. The van der Waals surface area contributed by atoms with Crippen molar-refractivity contribution in [2.24, 2.45) is 5.92 Å². The standard InChI is InChI=1S/C20H29NO5/c1-3-5-11-25-17-8-7-15(13-18(17)26-12-6-4-2)19(22)21-10-9-16(14-21)20(23)24/h7-8,13,16H,3-6,9-12,14H2,1-2H3,(H,23,24). The summed E-state index contributed by atoms with van der Waals surface area (Å²) in [5.41, 5.74) is 0.505. The zero-order valence-electron chi connectivity index (χ0n) is 15.7. The van der Waals surface area contributed by atoms with Gasteiger partial charge in [0.15, 0.2) is 11.5 Å². The minimum absolute atomic E-state index is 0.158. The topological polar surface area (TPSA) is 76.1 Å². The van der Waals surface area contributed by atoms with Gasteiger partial charge in [-0.25, -0.2) is 0 Å². The summed E-state index contributed by atoms with van der Waals surface area (Å²) in [5.74, 6) is -0.251. The van der Waals surface area contributed by atoms with Gasteiger partial charge in [0, 0.05) is 18.7 Å². The Morgan fingerprint density at radius 2 is 1.77 bits per heavy atom. The lowest BCUT2D eigenvalue weighted by molar-refractivity contribution is -0.141. The predicted molar refractivity (Wildman–Crippen MR) is 98.9 cm³/mol. The zero-order valence-corrected chi connectivity index (χ0v) is 15.7. The maximum absolute atomic E-state index is 12.7. The summed E-state index contributed by atoms with van der Waals surface area (Å²) in [4.78, 5) is 25.4. The van der Waals surface area contributed by atoms with Crippen LogP contribution in [-0.2, 0) is 4.79 Å². The summed E-state index contributed by atoms with van der Waals surface area (Å²) in [6, 6.07) is 5.21. The van der Waals surface area contributed by atoms with Gasteiger partial charge in [-0.15, -0.1) is 0 Å². The zero-order chi connectivity index (χ0) is 18.9. The molecular weight excluding hydrogens is 334 g/mol. The second kappa shape index (κ2) is 10.0. The molecule has 1 heterocycles. The first-order valence-electron chi connectivity index (χ1n) is 9.48. The van der Waals surface area contributed by atoms with Crippen molar-refractivity contribution in [2.45, 2.75) is 46.0 Å². The average Bonchev–Trinajstić information content (AvgIpc) is 3.13. The van der Waals surface area contributed by atoms with Crippen LogP contribution < -0.4 is 9.47 Å². The second-order valence-electron chi connectivity index (χ2n) is 6.64. The minimum Gasteiger partial charge on any atom is -0.490 e. The van der Waals surface area contributed by atoms with Crippen LogP contribution >= 0.6 is 0 Å². The van der Waals surface area contributed by atoms with Crippen molar-refractivity contribution in [3.8, 4) is 11.5 Å². The first-order chi connectivity index (χ1) is 12.6. The molecule has 144 valence electrons. The van der Waals surface area contributed by atoms with Crippen molar-refractivity contribution in [1.29, 1.82) is 0 Å². The molecule has 1 amide bonds. The smallest absolute Gasteiger partial charge is 0.308 e. The molecule has 1 saturated heterocycles. The van der Waals surface area contributed by atoms with Gasteiger partial charge in [0.2, 0.25) is 0 Å². The average molecular weight is 363 g/mol. The van der Waals surface area contributed by atoms with Gasteiger partial charge < -0.3 is 19.5 Å². The lowest BCUT2D eigenvalue weighted by Gasteiger charge is -2.18. The lowest BCUT2D eigenvalue weighted by Crippen LogP contribution is -2.29. The van der Waals surface area contributed by atoms with Crippen LogP contribution in [0.4, 0.5) is 0 Å². The number of carboxylic acids is 1. The second-order valence-corrected chi connectivity index (χ2v) is 6.64. The van der Waals surface area contributed by atoms with Crippen LogP contribution in [0, 0.1) is 5.92 Å². The fourth-order valence-corrected chi connectivity index (χ4v) is 2.85. The van der Waals surface area contributed by atoms with Gasteiger partial charge in [-0.2, -0.15) is 0 Å². The summed E-state index contributed by atoms with van der Waals surface area (Å²) in [6.45, 7) is 6.10. The van der Waals surface area contributed by atoms with E-state index >= 15 is 0 Å². The highest BCUT2D eigenvalue weighted by Crippen LogP contribution is 2.30. The van der Waals surface area contributed by atoms with Gasteiger partial charge in [-0.05, 0) is 37.5 Å². The first kappa shape index (κ1) is 20.1. The van der Waals surface area contributed by atoms with Crippen molar-refractivity contribution >= 4 is 11.9 Å². The van der Waals surface area contributed by atoms with E-state index in [4.69, 9.17) is 14.6 Å². The molecule has 1 aromatic rings. The van der Waals surface area contributed by atoms with Crippen molar-refractivity contribution in [3.63, 3.8) is 0 Å². The molecule has 6 heteroatoms. The molecule has 1 aromatic carbocycles. The number of rotatable bonds is 10. The number of likely N-dealkylation sites (tertiary alicyclic amines) is 1. The summed E-state index contributed by atoms with van der Waals surface area (Å²) in [5, 5.41) is 9.11. The van der Waals surface area contributed by atoms with Gasteiger partial charge in [-0.1, -0.05) is 26.7 Å². The number of hydrogen-bond acceptors (Lipinski definition) is 4. The molecule has 0 radical (unpaired) electrons. The Hall–Kier alpha value is -2.24. The van der Waals surface area contributed by atoms with E-state index in [0.717, 1.165) is 25.7 Å². The SMILES string of the molecule is CCCCOc1ccc(C(=O)N2CCC(C(=O)O)C2)cc1OCCCC. The maximum atomic E-state index is 12.7. The molecule has 0 aliphatic carbocycles. The Labute approximate surface area is 155 Å². The molecule has 6 nitrogen and oxygen atoms in total. The van der Waals surface area contributed by atoms with Crippen LogP contribution in [0.3, 0.4) is 0 Å². The third-order valence-corrected chi connectivity index (χ3v) is 4.53. The van der Waals surface area contributed by atoms with Crippen molar-refractivity contribution in [2.75, 3.05) is 26.3 Å². The number of nitrogens with zero attached hydrogens (tertiary/aromatic N) is 1. The van der Waals surface area contributed by atoms with Gasteiger partial charge in [-0.3, -0.25) is 9.59 Å². The molecule has 1 N–H and O–H groups in total. The summed E-state index contributed by atoms with van der Waals surface area (Å²) in [6.07, 6.45) is 4.45. The van der Waals surface area contributed by atoms with Gasteiger partial charge >= 0.3 is 5.97 Å².